The summed E-state index contributed by atoms with van der Waals surface area (Å²) in [7, 11) is 0. The van der Waals surface area contributed by atoms with Crippen molar-refractivity contribution in [2.75, 3.05) is 6.54 Å². The van der Waals surface area contributed by atoms with Gasteiger partial charge in [-0.1, -0.05) is 30.3 Å². The van der Waals surface area contributed by atoms with Crippen LogP contribution in [-0.2, 0) is 22.7 Å². The Morgan fingerprint density at radius 2 is 2.06 bits per heavy atom. The summed E-state index contributed by atoms with van der Waals surface area (Å²) in [6.45, 7) is 3.81. The number of rotatable bonds is 7. The zero-order chi connectivity index (χ0) is 22.1. The molecule has 1 atom stereocenters. The van der Waals surface area contributed by atoms with E-state index in [1.54, 1.807) is 4.90 Å². The maximum Gasteiger partial charge on any atom is 0.242 e. The number of benzene rings is 2. The van der Waals surface area contributed by atoms with Gasteiger partial charge in [-0.2, -0.15) is 5.10 Å². The summed E-state index contributed by atoms with van der Waals surface area (Å²) >= 11 is 0. The molecule has 0 spiro atoms. The molecular formula is C25H27N5O2. The fourth-order valence-corrected chi connectivity index (χ4v) is 4.63. The number of fused-ring (bicyclic) bond motifs is 2. The van der Waals surface area contributed by atoms with Crippen LogP contribution in [0.4, 0.5) is 0 Å². The van der Waals surface area contributed by atoms with Crippen LogP contribution in [0.15, 0.2) is 54.9 Å². The summed E-state index contributed by atoms with van der Waals surface area (Å²) in [5, 5.41) is 9.77. The molecule has 2 aromatic carbocycles. The van der Waals surface area contributed by atoms with E-state index in [1.165, 1.54) is 5.56 Å². The maximum absolute atomic E-state index is 12.9. The summed E-state index contributed by atoms with van der Waals surface area (Å²) in [4.78, 5) is 30.4. The van der Waals surface area contributed by atoms with Crippen LogP contribution in [0.1, 0.15) is 30.4 Å². The molecule has 0 aliphatic carbocycles. The monoisotopic (exact) mass is 429 g/mol. The summed E-state index contributed by atoms with van der Waals surface area (Å²) in [6.07, 6.45) is 5.59. The standard InChI is InChI=1S/C25H27N5O2/c1-17-6-4-9-22-20(17)15-28-30(22)13-5-12-26-25(32)23-10-11-24(31)29(23)16-18-14-27-21-8-3-2-7-19(18)21/h2-4,6-9,14-15,23,27H,5,10-13,16H2,1H3,(H,26,32). The lowest BCUT2D eigenvalue weighted by Crippen LogP contribution is -2.44. The highest BCUT2D eigenvalue weighted by Crippen LogP contribution is 2.25. The molecule has 0 bridgehead atoms. The summed E-state index contributed by atoms with van der Waals surface area (Å²) < 4.78 is 1.98. The van der Waals surface area contributed by atoms with Gasteiger partial charge < -0.3 is 15.2 Å². The van der Waals surface area contributed by atoms with Crippen LogP contribution in [0.5, 0.6) is 0 Å². The number of nitrogens with zero attached hydrogens (tertiary/aromatic N) is 3. The number of aromatic nitrogens is 3. The third kappa shape index (κ3) is 3.75. The first-order chi connectivity index (χ1) is 15.6. The predicted molar refractivity (Wildman–Crippen MR) is 124 cm³/mol. The molecule has 5 rings (SSSR count). The van der Waals surface area contributed by atoms with Crippen molar-refractivity contribution in [3.05, 3.63) is 66.0 Å². The molecule has 32 heavy (non-hydrogen) atoms. The van der Waals surface area contributed by atoms with Crippen LogP contribution >= 0.6 is 0 Å². The average molecular weight is 430 g/mol. The van der Waals surface area contributed by atoms with E-state index in [0.29, 0.717) is 25.9 Å². The average Bonchev–Trinajstić information content (AvgIpc) is 3.50. The Hall–Kier alpha value is -3.61. The molecule has 0 radical (unpaired) electrons. The zero-order valence-corrected chi connectivity index (χ0v) is 18.2. The molecule has 0 saturated carbocycles. The number of H-pyrrole nitrogens is 1. The predicted octanol–water partition coefficient (Wildman–Crippen LogP) is 3.52. The van der Waals surface area contributed by atoms with Crippen LogP contribution in [0, 0.1) is 6.92 Å². The molecule has 2 N–H and O–H groups in total. The van der Waals surface area contributed by atoms with Crippen molar-refractivity contribution in [1.82, 2.24) is 25.0 Å². The molecule has 164 valence electrons. The van der Waals surface area contributed by atoms with E-state index in [0.717, 1.165) is 40.3 Å². The third-order valence-corrected chi connectivity index (χ3v) is 6.40. The minimum atomic E-state index is -0.413. The molecule has 1 saturated heterocycles. The summed E-state index contributed by atoms with van der Waals surface area (Å²) in [5.74, 6) is -0.0364. The molecule has 1 aliphatic rings. The van der Waals surface area contributed by atoms with Crippen molar-refractivity contribution in [3.63, 3.8) is 0 Å². The van der Waals surface area contributed by atoms with Gasteiger partial charge in [-0.15, -0.1) is 0 Å². The number of aryl methyl sites for hydroxylation is 2. The van der Waals surface area contributed by atoms with Gasteiger partial charge in [0.15, 0.2) is 0 Å². The normalized spacial score (nSPS) is 16.3. The van der Waals surface area contributed by atoms with Crippen LogP contribution < -0.4 is 5.32 Å². The largest absolute Gasteiger partial charge is 0.361 e. The molecular weight excluding hydrogens is 402 g/mol. The highest BCUT2D eigenvalue weighted by Gasteiger charge is 2.36. The van der Waals surface area contributed by atoms with E-state index in [9.17, 15) is 9.59 Å². The second kappa shape index (κ2) is 8.49. The van der Waals surface area contributed by atoms with Gasteiger partial charge in [0.05, 0.1) is 11.7 Å². The van der Waals surface area contributed by atoms with Crippen molar-refractivity contribution in [2.24, 2.45) is 0 Å². The Balaban J connectivity index is 1.19. The van der Waals surface area contributed by atoms with Gasteiger partial charge in [0.25, 0.3) is 0 Å². The quantitative estimate of drug-likeness (QED) is 0.441. The van der Waals surface area contributed by atoms with Crippen LogP contribution in [0.2, 0.25) is 0 Å². The van der Waals surface area contributed by atoms with E-state index in [-0.39, 0.29) is 11.8 Å². The Bertz CT molecular complexity index is 1290. The van der Waals surface area contributed by atoms with Crippen LogP contribution in [-0.4, -0.2) is 44.1 Å². The van der Waals surface area contributed by atoms with Crippen LogP contribution in [0.3, 0.4) is 0 Å². The number of hydrogen-bond acceptors (Lipinski definition) is 3. The van der Waals surface area contributed by atoms with E-state index >= 15 is 0 Å². The molecule has 7 nitrogen and oxygen atoms in total. The Labute approximate surface area is 186 Å². The Morgan fingerprint density at radius 1 is 1.19 bits per heavy atom. The summed E-state index contributed by atoms with van der Waals surface area (Å²) in [6, 6.07) is 13.8. The van der Waals surface area contributed by atoms with Gasteiger partial charge in [0.2, 0.25) is 11.8 Å². The smallest absolute Gasteiger partial charge is 0.242 e. The lowest BCUT2D eigenvalue weighted by atomic mass is 10.1. The number of carbonyl (C=O) groups excluding carboxylic acids is 2. The van der Waals surface area contributed by atoms with Gasteiger partial charge in [0, 0.05) is 48.5 Å². The molecule has 1 unspecified atom stereocenters. The molecule has 2 amide bonds. The number of nitrogens with one attached hydrogen (secondary N) is 2. The van der Waals surface area contributed by atoms with Gasteiger partial charge in [-0.25, -0.2) is 0 Å². The van der Waals surface area contributed by atoms with Gasteiger partial charge in [0.1, 0.15) is 6.04 Å². The van der Waals surface area contributed by atoms with Crippen LogP contribution in [0.25, 0.3) is 21.8 Å². The number of para-hydroxylation sites is 1. The van der Waals surface area contributed by atoms with Crippen molar-refractivity contribution in [2.45, 2.75) is 45.3 Å². The number of carbonyl (C=O) groups is 2. The molecule has 1 fully saturated rings. The van der Waals surface area contributed by atoms with E-state index < -0.39 is 6.04 Å². The molecule has 3 heterocycles. The number of aromatic amines is 1. The molecule has 7 heteroatoms. The molecule has 2 aromatic heterocycles. The molecule has 4 aromatic rings. The fraction of sp³-hybridized carbons (Fsp3) is 0.320. The lowest BCUT2D eigenvalue weighted by molar-refractivity contribution is -0.135. The van der Waals surface area contributed by atoms with Crippen molar-refractivity contribution in [3.8, 4) is 0 Å². The first-order valence-corrected chi connectivity index (χ1v) is 11.1. The second-order valence-electron chi connectivity index (χ2n) is 8.46. The highest BCUT2D eigenvalue weighted by atomic mass is 16.2. The molecule has 1 aliphatic heterocycles. The van der Waals surface area contributed by atoms with Crippen molar-refractivity contribution in [1.29, 1.82) is 0 Å². The first kappa shape index (κ1) is 20.3. The second-order valence-corrected chi connectivity index (χ2v) is 8.46. The number of amides is 2. The first-order valence-electron chi connectivity index (χ1n) is 11.1. The number of likely N-dealkylation sites (tertiary alicyclic amines) is 1. The maximum atomic E-state index is 12.9. The Kier molecular flexibility index (Phi) is 5.39. The van der Waals surface area contributed by atoms with E-state index in [4.69, 9.17) is 0 Å². The van der Waals surface area contributed by atoms with Gasteiger partial charge in [-0.05, 0) is 43.0 Å². The summed E-state index contributed by atoms with van der Waals surface area (Å²) in [5.41, 5.74) is 4.40. The zero-order valence-electron chi connectivity index (χ0n) is 18.2. The van der Waals surface area contributed by atoms with E-state index in [1.807, 2.05) is 47.4 Å². The Morgan fingerprint density at radius 3 is 2.97 bits per heavy atom. The SMILES string of the molecule is Cc1cccc2c1cnn2CCCNC(=O)C1CCC(=O)N1Cc1c[nH]c2ccccc12. The van der Waals surface area contributed by atoms with Crippen molar-refractivity contribution < 1.29 is 9.59 Å². The van der Waals surface area contributed by atoms with Gasteiger partial charge in [-0.3, -0.25) is 14.3 Å². The lowest BCUT2D eigenvalue weighted by Gasteiger charge is -2.24. The number of hydrogen-bond donors (Lipinski definition) is 2. The minimum absolute atomic E-state index is 0.0359. The topological polar surface area (TPSA) is 83.0 Å². The third-order valence-electron chi connectivity index (χ3n) is 6.40. The van der Waals surface area contributed by atoms with E-state index in [2.05, 4.69) is 34.5 Å². The minimum Gasteiger partial charge on any atom is -0.361 e. The van der Waals surface area contributed by atoms with Gasteiger partial charge >= 0.3 is 0 Å². The fourth-order valence-electron chi connectivity index (χ4n) is 4.63. The highest BCUT2D eigenvalue weighted by molar-refractivity contribution is 5.91. The van der Waals surface area contributed by atoms with Crippen molar-refractivity contribution >= 4 is 33.6 Å².